The largest absolute Gasteiger partial charge is 0.481 e. The maximum atomic E-state index is 10.5. The summed E-state index contributed by atoms with van der Waals surface area (Å²) < 4.78 is 0. The standard InChI is InChI=1S/C7H11NO2/c8-4-2-1-3-5(4)6(3)7(9)10/h3-6H,1-2,8H2,(H,9,10)/t3-,4?,5-,6+/m1/s1. The lowest BCUT2D eigenvalue weighted by Gasteiger charge is -2.03. The highest BCUT2D eigenvalue weighted by molar-refractivity contribution is 5.74. The summed E-state index contributed by atoms with van der Waals surface area (Å²) in [7, 11) is 0. The van der Waals surface area contributed by atoms with E-state index in [-0.39, 0.29) is 12.0 Å². The highest BCUT2D eigenvalue weighted by Crippen LogP contribution is 2.56. The van der Waals surface area contributed by atoms with Crippen LogP contribution in [0.1, 0.15) is 12.8 Å². The molecule has 3 nitrogen and oxygen atoms in total. The van der Waals surface area contributed by atoms with Crippen LogP contribution in [0.5, 0.6) is 0 Å². The summed E-state index contributed by atoms with van der Waals surface area (Å²) in [6.45, 7) is 0. The minimum atomic E-state index is -0.648. The molecule has 2 aliphatic carbocycles. The van der Waals surface area contributed by atoms with Crippen LogP contribution in [0.4, 0.5) is 0 Å². The van der Waals surface area contributed by atoms with Crippen molar-refractivity contribution < 1.29 is 9.90 Å². The van der Waals surface area contributed by atoms with Gasteiger partial charge in [0.2, 0.25) is 0 Å². The average molecular weight is 141 g/mol. The lowest BCUT2D eigenvalue weighted by molar-refractivity contribution is -0.139. The van der Waals surface area contributed by atoms with Gasteiger partial charge < -0.3 is 10.8 Å². The SMILES string of the molecule is NC1CC[C@H]2[C@H](C(=O)O)[C@@H]12. The normalized spacial score (nSPS) is 50.5. The van der Waals surface area contributed by atoms with E-state index in [0.29, 0.717) is 11.8 Å². The summed E-state index contributed by atoms with van der Waals surface area (Å²) in [5.74, 6) is -0.00102. The zero-order valence-electron chi connectivity index (χ0n) is 5.66. The summed E-state index contributed by atoms with van der Waals surface area (Å²) in [4.78, 5) is 10.5. The minimum absolute atomic E-state index is 0.0938. The van der Waals surface area contributed by atoms with E-state index < -0.39 is 5.97 Å². The van der Waals surface area contributed by atoms with Gasteiger partial charge in [0.15, 0.2) is 0 Å². The lowest BCUT2D eigenvalue weighted by atomic mass is 10.1. The van der Waals surface area contributed by atoms with Gasteiger partial charge >= 0.3 is 5.97 Å². The molecule has 0 bridgehead atoms. The molecular weight excluding hydrogens is 130 g/mol. The van der Waals surface area contributed by atoms with Crippen molar-refractivity contribution in [2.24, 2.45) is 23.5 Å². The molecular formula is C7H11NO2. The number of hydrogen-bond acceptors (Lipinski definition) is 2. The first-order chi connectivity index (χ1) is 4.72. The van der Waals surface area contributed by atoms with Crippen molar-refractivity contribution in [3.8, 4) is 0 Å². The minimum Gasteiger partial charge on any atom is -0.481 e. The molecule has 0 amide bonds. The third kappa shape index (κ3) is 0.611. The Hall–Kier alpha value is -0.570. The Bertz CT molecular complexity index is 180. The second-order valence-electron chi connectivity index (χ2n) is 3.35. The van der Waals surface area contributed by atoms with E-state index >= 15 is 0 Å². The Morgan fingerprint density at radius 1 is 1.50 bits per heavy atom. The first-order valence-electron chi connectivity index (χ1n) is 3.70. The summed E-state index contributed by atoms with van der Waals surface area (Å²) in [6, 6.07) is 0.172. The number of carboxylic acids is 1. The van der Waals surface area contributed by atoms with Crippen LogP contribution in [0.15, 0.2) is 0 Å². The van der Waals surface area contributed by atoms with Crippen molar-refractivity contribution in [2.45, 2.75) is 18.9 Å². The van der Waals surface area contributed by atoms with Gasteiger partial charge in [0, 0.05) is 6.04 Å². The molecule has 0 aromatic heterocycles. The molecule has 1 unspecified atom stereocenters. The third-order valence-corrected chi connectivity index (χ3v) is 2.84. The van der Waals surface area contributed by atoms with Crippen LogP contribution < -0.4 is 5.73 Å². The number of hydrogen-bond donors (Lipinski definition) is 2. The highest BCUT2D eigenvalue weighted by atomic mass is 16.4. The van der Waals surface area contributed by atoms with E-state index in [4.69, 9.17) is 10.8 Å². The predicted molar refractivity (Wildman–Crippen MR) is 35.3 cm³/mol. The first kappa shape index (κ1) is 6.16. The molecule has 2 rings (SSSR count). The molecule has 0 aromatic rings. The van der Waals surface area contributed by atoms with Crippen LogP contribution in [0, 0.1) is 17.8 Å². The van der Waals surface area contributed by atoms with Gasteiger partial charge in [-0.25, -0.2) is 0 Å². The maximum Gasteiger partial charge on any atom is 0.307 e. The summed E-state index contributed by atoms with van der Waals surface area (Å²) >= 11 is 0. The van der Waals surface area contributed by atoms with Gasteiger partial charge in [-0.2, -0.15) is 0 Å². The van der Waals surface area contributed by atoms with Crippen molar-refractivity contribution in [1.29, 1.82) is 0 Å². The van der Waals surface area contributed by atoms with Crippen molar-refractivity contribution in [3.63, 3.8) is 0 Å². The van der Waals surface area contributed by atoms with Gasteiger partial charge in [-0.15, -0.1) is 0 Å². The third-order valence-electron chi connectivity index (χ3n) is 2.84. The monoisotopic (exact) mass is 141 g/mol. The van der Waals surface area contributed by atoms with Gasteiger partial charge in [0.05, 0.1) is 5.92 Å². The Morgan fingerprint density at radius 2 is 2.20 bits per heavy atom. The number of fused-ring (bicyclic) bond motifs is 1. The fourth-order valence-corrected chi connectivity index (χ4v) is 2.28. The number of carboxylic acid groups (broad SMARTS) is 1. The Morgan fingerprint density at radius 3 is 2.50 bits per heavy atom. The average Bonchev–Trinajstić information content (AvgIpc) is 2.48. The fraction of sp³-hybridized carbons (Fsp3) is 0.857. The van der Waals surface area contributed by atoms with Crippen molar-refractivity contribution in [2.75, 3.05) is 0 Å². The first-order valence-corrected chi connectivity index (χ1v) is 3.70. The molecule has 56 valence electrons. The lowest BCUT2D eigenvalue weighted by Crippen LogP contribution is -2.22. The van der Waals surface area contributed by atoms with E-state index in [1.54, 1.807) is 0 Å². The maximum absolute atomic E-state index is 10.5. The molecule has 10 heavy (non-hydrogen) atoms. The molecule has 4 atom stereocenters. The van der Waals surface area contributed by atoms with Crippen LogP contribution in [0.2, 0.25) is 0 Å². The van der Waals surface area contributed by atoms with Crippen LogP contribution in [0.25, 0.3) is 0 Å². The van der Waals surface area contributed by atoms with Crippen LogP contribution in [-0.4, -0.2) is 17.1 Å². The highest BCUT2D eigenvalue weighted by Gasteiger charge is 2.60. The molecule has 0 aromatic carbocycles. The molecule has 2 fully saturated rings. The Labute approximate surface area is 59.2 Å². The Balaban J connectivity index is 2.05. The second kappa shape index (κ2) is 1.72. The number of aliphatic carboxylic acids is 1. The smallest absolute Gasteiger partial charge is 0.307 e. The number of rotatable bonds is 1. The molecule has 0 radical (unpaired) electrons. The van der Waals surface area contributed by atoms with Gasteiger partial charge in [-0.05, 0) is 24.7 Å². The quantitative estimate of drug-likeness (QED) is 0.542. The van der Waals surface area contributed by atoms with Crippen molar-refractivity contribution in [1.82, 2.24) is 0 Å². The number of nitrogens with two attached hydrogens (primary N) is 1. The number of carbonyl (C=O) groups is 1. The van der Waals surface area contributed by atoms with E-state index in [9.17, 15) is 4.79 Å². The van der Waals surface area contributed by atoms with Crippen LogP contribution in [0.3, 0.4) is 0 Å². The van der Waals surface area contributed by atoms with Crippen molar-refractivity contribution in [3.05, 3.63) is 0 Å². The summed E-state index contributed by atoms with van der Waals surface area (Å²) in [5.41, 5.74) is 5.68. The summed E-state index contributed by atoms with van der Waals surface area (Å²) in [5, 5.41) is 8.62. The predicted octanol–water partition coefficient (Wildman–Crippen LogP) is 0.0543. The van der Waals surface area contributed by atoms with Crippen molar-refractivity contribution >= 4 is 5.97 Å². The Kier molecular flexibility index (Phi) is 1.06. The van der Waals surface area contributed by atoms with Crippen LogP contribution in [-0.2, 0) is 4.79 Å². The molecule has 2 saturated carbocycles. The molecule has 3 N–H and O–H groups in total. The van der Waals surface area contributed by atoms with E-state index in [1.165, 1.54) is 0 Å². The molecule has 0 aliphatic heterocycles. The molecule has 3 heteroatoms. The molecule has 0 saturated heterocycles. The zero-order valence-corrected chi connectivity index (χ0v) is 5.66. The molecule has 2 aliphatic rings. The van der Waals surface area contributed by atoms with Gasteiger partial charge in [-0.3, -0.25) is 4.79 Å². The topological polar surface area (TPSA) is 63.3 Å². The van der Waals surface area contributed by atoms with E-state index in [1.807, 2.05) is 0 Å². The zero-order chi connectivity index (χ0) is 7.30. The van der Waals surface area contributed by atoms with E-state index in [0.717, 1.165) is 12.8 Å². The van der Waals surface area contributed by atoms with Gasteiger partial charge in [0.1, 0.15) is 0 Å². The molecule has 0 heterocycles. The van der Waals surface area contributed by atoms with E-state index in [2.05, 4.69) is 0 Å². The van der Waals surface area contributed by atoms with Crippen LogP contribution >= 0.6 is 0 Å². The second-order valence-corrected chi connectivity index (χ2v) is 3.35. The molecule has 0 spiro atoms. The van der Waals surface area contributed by atoms with Gasteiger partial charge in [0.25, 0.3) is 0 Å². The fourth-order valence-electron chi connectivity index (χ4n) is 2.28. The van der Waals surface area contributed by atoms with Gasteiger partial charge in [-0.1, -0.05) is 0 Å². The summed E-state index contributed by atoms with van der Waals surface area (Å²) in [6.07, 6.45) is 2.06.